The van der Waals surface area contributed by atoms with E-state index >= 15 is 0 Å². The molecule has 1 aliphatic rings. The van der Waals surface area contributed by atoms with Crippen LogP contribution in [0.5, 0.6) is 0 Å². The zero-order chi connectivity index (χ0) is 15.5. The first kappa shape index (κ1) is 17.4. The summed E-state index contributed by atoms with van der Waals surface area (Å²) in [4.78, 5) is 0. The summed E-state index contributed by atoms with van der Waals surface area (Å²) < 4.78 is 0. The van der Waals surface area contributed by atoms with Crippen molar-refractivity contribution in [1.82, 2.24) is 0 Å². The Bertz CT molecular complexity index is 655. The van der Waals surface area contributed by atoms with Crippen molar-refractivity contribution >= 4 is 40.2 Å². The van der Waals surface area contributed by atoms with Crippen molar-refractivity contribution in [2.24, 2.45) is 5.92 Å². The average molecular weight is 398 g/mol. The summed E-state index contributed by atoms with van der Waals surface area (Å²) in [5, 5.41) is 4.55. The molecule has 3 aromatic carbocycles. The quantitative estimate of drug-likeness (QED) is 0.533. The summed E-state index contributed by atoms with van der Waals surface area (Å²) in [6.07, 6.45) is 4.10. The van der Waals surface area contributed by atoms with E-state index in [0.717, 1.165) is 5.92 Å². The molecule has 1 fully saturated rings. The second kappa shape index (κ2) is 7.64. The first-order valence-electron chi connectivity index (χ1n) is 8.44. The maximum Gasteiger partial charge on any atom is 0.112 e. The van der Waals surface area contributed by atoms with Crippen molar-refractivity contribution in [2.45, 2.75) is 12.8 Å². The molecule has 3 aromatic rings. The van der Waals surface area contributed by atoms with Gasteiger partial charge in [-0.25, -0.2) is 0 Å². The monoisotopic (exact) mass is 397 g/mol. The third-order valence-corrected chi connectivity index (χ3v) is 9.42. The minimum absolute atomic E-state index is 0. The third kappa shape index (κ3) is 3.34. The molecule has 2 heteroatoms. The first-order chi connectivity index (χ1) is 11.4. The van der Waals surface area contributed by atoms with Gasteiger partial charge in [0.1, 0.15) is 23.2 Å². The Morgan fingerprint density at radius 1 is 0.583 bits per heavy atom. The van der Waals surface area contributed by atoms with Crippen LogP contribution in [0.4, 0.5) is 0 Å². The van der Waals surface area contributed by atoms with Crippen LogP contribution in [-0.2, 0) is 0 Å². The summed E-state index contributed by atoms with van der Waals surface area (Å²) in [5.41, 5.74) is 0. The van der Waals surface area contributed by atoms with E-state index in [2.05, 4.69) is 91.0 Å². The standard InChI is InChI=1S/C22H22P.BrH/c1-4-10-20(11-5-1)23(18-19-16-17-19,21-12-6-2-7-13-21)22-14-8-3-9-15-22;/h1-15,19H,16-18H2;1H/q+1;. The van der Waals surface area contributed by atoms with Gasteiger partial charge in [0.25, 0.3) is 0 Å². The largest absolute Gasteiger partial charge is 0.114 e. The van der Waals surface area contributed by atoms with E-state index in [0.29, 0.717) is 0 Å². The molecule has 0 radical (unpaired) electrons. The number of hydrogen-bond acceptors (Lipinski definition) is 0. The minimum atomic E-state index is -1.55. The maximum absolute atomic E-state index is 2.34. The Labute approximate surface area is 156 Å². The molecule has 0 atom stereocenters. The molecule has 0 aliphatic heterocycles. The zero-order valence-electron chi connectivity index (χ0n) is 13.7. The van der Waals surface area contributed by atoms with Crippen LogP contribution >= 0.6 is 24.2 Å². The van der Waals surface area contributed by atoms with Crippen LogP contribution in [-0.4, -0.2) is 6.16 Å². The van der Waals surface area contributed by atoms with Gasteiger partial charge in [-0.05, 0) is 55.2 Å². The predicted molar refractivity (Wildman–Crippen MR) is 113 cm³/mol. The van der Waals surface area contributed by atoms with E-state index in [1.54, 1.807) is 0 Å². The van der Waals surface area contributed by atoms with Crippen molar-refractivity contribution in [3.05, 3.63) is 91.0 Å². The molecule has 0 saturated heterocycles. The molecular weight excluding hydrogens is 375 g/mol. The molecule has 1 saturated carbocycles. The number of benzene rings is 3. The molecular formula is C22H23BrP+. The Hall–Kier alpha value is -1.43. The van der Waals surface area contributed by atoms with Crippen molar-refractivity contribution in [3.63, 3.8) is 0 Å². The van der Waals surface area contributed by atoms with Crippen LogP contribution in [0.2, 0.25) is 0 Å². The minimum Gasteiger partial charge on any atom is -0.114 e. The fourth-order valence-electron chi connectivity index (χ4n) is 3.50. The topological polar surface area (TPSA) is 0 Å². The number of halogens is 1. The molecule has 0 spiro atoms. The van der Waals surface area contributed by atoms with Gasteiger partial charge in [-0.15, -0.1) is 17.0 Å². The molecule has 0 nitrogen and oxygen atoms in total. The zero-order valence-corrected chi connectivity index (χ0v) is 16.3. The van der Waals surface area contributed by atoms with Crippen LogP contribution in [0.25, 0.3) is 0 Å². The highest BCUT2D eigenvalue weighted by atomic mass is 79.9. The van der Waals surface area contributed by atoms with E-state index in [-0.39, 0.29) is 17.0 Å². The fraction of sp³-hybridized carbons (Fsp3) is 0.182. The molecule has 0 aromatic heterocycles. The lowest BCUT2D eigenvalue weighted by molar-refractivity contribution is 0.992. The van der Waals surface area contributed by atoms with Gasteiger partial charge in [-0.1, -0.05) is 54.6 Å². The van der Waals surface area contributed by atoms with Crippen molar-refractivity contribution in [2.75, 3.05) is 6.16 Å². The lowest BCUT2D eigenvalue weighted by atomic mass is 10.3. The molecule has 122 valence electrons. The second-order valence-electron chi connectivity index (χ2n) is 6.44. The lowest BCUT2D eigenvalue weighted by Crippen LogP contribution is -2.33. The van der Waals surface area contributed by atoms with Crippen LogP contribution in [0, 0.1) is 5.92 Å². The van der Waals surface area contributed by atoms with Gasteiger partial charge >= 0.3 is 0 Å². The van der Waals surface area contributed by atoms with Gasteiger partial charge in [0.2, 0.25) is 0 Å². The van der Waals surface area contributed by atoms with Crippen LogP contribution < -0.4 is 15.9 Å². The van der Waals surface area contributed by atoms with E-state index in [1.807, 2.05) is 0 Å². The summed E-state index contributed by atoms with van der Waals surface area (Å²) >= 11 is 0. The van der Waals surface area contributed by atoms with Gasteiger partial charge < -0.3 is 0 Å². The van der Waals surface area contributed by atoms with E-state index in [9.17, 15) is 0 Å². The normalized spacial score (nSPS) is 14.0. The van der Waals surface area contributed by atoms with Crippen LogP contribution in [0.1, 0.15) is 12.8 Å². The van der Waals surface area contributed by atoms with Crippen molar-refractivity contribution in [3.8, 4) is 0 Å². The van der Waals surface area contributed by atoms with E-state index < -0.39 is 7.26 Å². The highest BCUT2D eigenvalue weighted by molar-refractivity contribution is 8.93. The molecule has 0 N–H and O–H groups in total. The summed E-state index contributed by atoms with van der Waals surface area (Å²) in [5.74, 6) is 0.893. The van der Waals surface area contributed by atoms with Gasteiger partial charge in [0.15, 0.2) is 0 Å². The summed E-state index contributed by atoms with van der Waals surface area (Å²) in [7, 11) is -1.55. The summed E-state index contributed by atoms with van der Waals surface area (Å²) in [6.45, 7) is 0. The van der Waals surface area contributed by atoms with Crippen LogP contribution in [0.3, 0.4) is 0 Å². The molecule has 4 rings (SSSR count). The van der Waals surface area contributed by atoms with Gasteiger partial charge in [-0.2, -0.15) is 0 Å². The third-order valence-electron chi connectivity index (χ3n) is 4.82. The maximum atomic E-state index is 2.34. The molecule has 0 bridgehead atoms. The van der Waals surface area contributed by atoms with Gasteiger partial charge in [0, 0.05) is 0 Å². The van der Waals surface area contributed by atoms with E-state index in [4.69, 9.17) is 0 Å². The molecule has 0 heterocycles. The fourth-order valence-corrected chi connectivity index (χ4v) is 8.21. The Morgan fingerprint density at radius 2 is 0.917 bits per heavy atom. The molecule has 0 unspecified atom stereocenters. The summed E-state index contributed by atoms with van der Waals surface area (Å²) in [6, 6.07) is 33.6. The Balaban J connectivity index is 0.00000169. The lowest BCUT2D eigenvalue weighted by Gasteiger charge is -2.27. The first-order valence-corrected chi connectivity index (χ1v) is 10.4. The number of rotatable bonds is 5. The van der Waals surface area contributed by atoms with Crippen LogP contribution in [0.15, 0.2) is 91.0 Å². The SMILES string of the molecule is Br.c1ccc([P+](CC2CC2)(c2ccccc2)c2ccccc2)cc1. The predicted octanol–water partition coefficient (Wildman–Crippen LogP) is 4.97. The molecule has 24 heavy (non-hydrogen) atoms. The highest BCUT2D eigenvalue weighted by Gasteiger charge is 2.48. The Morgan fingerprint density at radius 3 is 1.21 bits per heavy atom. The molecule has 0 amide bonds. The van der Waals surface area contributed by atoms with Crippen molar-refractivity contribution < 1.29 is 0 Å². The van der Waals surface area contributed by atoms with E-state index in [1.165, 1.54) is 34.9 Å². The van der Waals surface area contributed by atoms with Gasteiger partial charge in [-0.3, -0.25) is 0 Å². The smallest absolute Gasteiger partial charge is 0.112 e. The molecule has 1 aliphatic carbocycles. The average Bonchev–Trinajstić information content (AvgIpc) is 3.46. The Kier molecular flexibility index (Phi) is 5.54. The van der Waals surface area contributed by atoms with Crippen molar-refractivity contribution in [1.29, 1.82) is 0 Å². The van der Waals surface area contributed by atoms with Gasteiger partial charge in [0.05, 0.1) is 6.16 Å². The second-order valence-corrected chi connectivity index (χ2v) is 9.98. The highest BCUT2D eigenvalue weighted by Crippen LogP contribution is 2.59. The number of hydrogen-bond donors (Lipinski definition) is 0.